The Bertz CT molecular complexity index is 535. The number of benzene rings is 1. The molecule has 1 aromatic carbocycles. The molecule has 0 fully saturated rings. The smallest absolute Gasteiger partial charge is 0.191 e. The topological polar surface area (TPSA) is 39.7 Å². The summed E-state index contributed by atoms with van der Waals surface area (Å²) in [6, 6.07) is 5.25. The minimum atomic E-state index is -0.218. The Morgan fingerprint density at radius 2 is 1.96 bits per heavy atom. The zero-order valence-electron chi connectivity index (χ0n) is 15.4. The molecule has 1 rings (SSSR count). The van der Waals surface area contributed by atoms with E-state index in [-0.39, 0.29) is 34.5 Å². The average Bonchev–Trinajstić information content (AvgIpc) is 2.49. The number of hydrogen-bond acceptors (Lipinski definition) is 3. The van der Waals surface area contributed by atoms with E-state index in [9.17, 15) is 4.39 Å². The van der Waals surface area contributed by atoms with E-state index in [1.54, 1.807) is 17.0 Å². The number of aliphatic imine (C=N–C) groups is 1. The van der Waals surface area contributed by atoms with E-state index >= 15 is 0 Å². The first-order valence-corrected chi connectivity index (χ1v) is 9.04. The summed E-state index contributed by atoms with van der Waals surface area (Å²) < 4.78 is 14.1. The summed E-state index contributed by atoms with van der Waals surface area (Å²) in [6.07, 6.45) is 2.10. The molecule has 0 unspecified atom stereocenters. The van der Waals surface area contributed by atoms with Crippen molar-refractivity contribution in [3.05, 3.63) is 29.6 Å². The van der Waals surface area contributed by atoms with Crippen LogP contribution in [0, 0.1) is 5.82 Å². The first-order chi connectivity index (χ1) is 10.8. The van der Waals surface area contributed by atoms with Gasteiger partial charge in [0.2, 0.25) is 0 Å². The second-order valence-corrected chi connectivity index (χ2v) is 7.71. The van der Waals surface area contributed by atoms with Gasteiger partial charge in [0, 0.05) is 31.9 Å². The fourth-order valence-corrected chi connectivity index (χ4v) is 2.11. The third-order valence-corrected chi connectivity index (χ3v) is 4.74. The molecule has 0 radical (unpaired) electrons. The molecule has 7 heteroatoms. The average molecular weight is 468 g/mol. The molecule has 2 N–H and O–H groups in total. The minimum Gasteiger partial charge on any atom is -0.375 e. The Labute approximate surface area is 167 Å². The van der Waals surface area contributed by atoms with Crippen LogP contribution >= 0.6 is 35.7 Å². The van der Waals surface area contributed by atoms with Crippen LogP contribution in [0.25, 0.3) is 0 Å². The Kier molecular flexibility index (Phi) is 10.7. The second kappa shape index (κ2) is 11.0. The van der Waals surface area contributed by atoms with Gasteiger partial charge in [0.15, 0.2) is 5.96 Å². The first-order valence-electron chi connectivity index (χ1n) is 7.82. The molecule has 0 aliphatic rings. The van der Waals surface area contributed by atoms with Gasteiger partial charge in [0.05, 0.1) is 12.2 Å². The van der Waals surface area contributed by atoms with Crippen LogP contribution in [0.5, 0.6) is 0 Å². The molecule has 0 saturated carbocycles. The third kappa shape index (κ3) is 7.92. The first kappa shape index (κ1) is 23.3. The Hall–Kier alpha value is -0.700. The summed E-state index contributed by atoms with van der Waals surface area (Å²) >= 11 is 1.81. The molecule has 0 heterocycles. The van der Waals surface area contributed by atoms with Crippen molar-refractivity contribution in [2.45, 2.75) is 32.1 Å². The summed E-state index contributed by atoms with van der Waals surface area (Å²) in [5.74, 6) is 0.538. The summed E-state index contributed by atoms with van der Waals surface area (Å²) in [5.41, 5.74) is 1.44. The Morgan fingerprint density at radius 3 is 2.46 bits per heavy atom. The van der Waals surface area contributed by atoms with E-state index in [1.807, 2.05) is 38.8 Å². The molecular formula is C17H30FIN4S. The summed E-state index contributed by atoms with van der Waals surface area (Å²) in [7, 11) is 3.66. The van der Waals surface area contributed by atoms with Crippen LogP contribution in [-0.2, 0) is 6.54 Å². The molecule has 138 valence electrons. The highest BCUT2D eigenvalue weighted by molar-refractivity contribution is 14.0. The van der Waals surface area contributed by atoms with Gasteiger partial charge in [-0.1, -0.05) is 6.07 Å². The lowest BCUT2D eigenvalue weighted by atomic mass is 10.2. The highest BCUT2D eigenvalue weighted by atomic mass is 127. The molecule has 24 heavy (non-hydrogen) atoms. The standard InChI is InChI=1S/C17H29FN4S.HI/c1-7-19-16(21-12-17(2,3)23-6)20-11-13-8-9-15(22(4)5)14(18)10-13;/h8-10H,7,11-12H2,1-6H3,(H2,19,20,21);1H. The zero-order valence-corrected chi connectivity index (χ0v) is 18.6. The molecule has 4 nitrogen and oxygen atoms in total. The van der Waals surface area contributed by atoms with Gasteiger partial charge < -0.3 is 15.5 Å². The molecule has 0 atom stereocenters. The van der Waals surface area contributed by atoms with Crippen molar-refractivity contribution >= 4 is 47.4 Å². The van der Waals surface area contributed by atoms with Crippen LogP contribution in [0.1, 0.15) is 26.3 Å². The maximum Gasteiger partial charge on any atom is 0.191 e. The molecule has 0 amide bonds. The molecule has 0 spiro atoms. The molecule has 0 aliphatic carbocycles. The molecule has 1 aromatic rings. The van der Waals surface area contributed by atoms with Crippen LogP contribution in [0.4, 0.5) is 10.1 Å². The minimum absolute atomic E-state index is 0. The fraction of sp³-hybridized carbons (Fsp3) is 0.588. The predicted molar refractivity (Wildman–Crippen MR) is 117 cm³/mol. The molecule has 0 saturated heterocycles. The van der Waals surface area contributed by atoms with Gasteiger partial charge in [0.25, 0.3) is 0 Å². The maximum atomic E-state index is 14.0. The van der Waals surface area contributed by atoms with Crippen molar-refractivity contribution in [1.82, 2.24) is 10.6 Å². The summed E-state index contributed by atoms with van der Waals surface area (Å²) in [4.78, 5) is 6.30. The lowest BCUT2D eigenvalue weighted by molar-refractivity contribution is 0.623. The van der Waals surface area contributed by atoms with Gasteiger partial charge in [-0.25, -0.2) is 9.38 Å². The van der Waals surface area contributed by atoms with Crippen LogP contribution in [0.2, 0.25) is 0 Å². The van der Waals surface area contributed by atoms with Crippen molar-refractivity contribution in [3.8, 4) is 0 Å². The number of nitrogens with zero attached hydrogens (tertiary/aromatic N) is 2. The van der Waals surface area contributed by atoms with Crippen molar-refractivity contribution < 1.29 is 4.39 Å². The number of halogens is 2. The number of anilines is 1. The van der Waals surface area contributed by atoms with E-state index in [1.165, 1.54) is 0 Å². The lowest BCUT2D eigenvalue weighted by Gasteiger charge is -2.23. The van der Waals surface area contributed by atoms with E-state index in [4.69, 9.17) is 0 Å². The number of nitrogens with one attached hydrogen (secondary N) is 2. The van der Waals surface area contributed by atoms with Crippen molar-refractivity contribution in [3.63, 3.8) is 0 Å². The Balaban J connectivity index is 0.00000529. The van der Waals surface area contributed by atoms with E-state index in [2.05, 4.69) is 35.7 Å². The number of thioether (sulfide) groups is 1. The molecular weight excluding hydrogens is 438 g/mol. The quantitative estimate of drug-likeness (QED) is 0.364. The molecule has 0 bridgehead atoms. The summed E-state index contributed by atoms with van der Waals surface area (Å²) in [6.45, 7) is 8.45. The Morgan fingerprint density at radius 1 is 1.29 bits per heavy atom. The maximum absolute atomic E-state index is 14.0. The largest absolute Gasteiger partial charge is 0.375 e. The lowest BCUT2D eigenvalue weighted by Crippen LogP contribution is -2.43. The predicted octanol–water partition coefficient (Wildman–Crippen LogP) is 3.71. The van der Waals surface area contributed by atoms with E-state index in [0.29, 0.717) is 12.2 Å². The van der Waals surface area contributed by atoms with E-state index in [0.717, 1.165) is 24.6 Å². The normalized spacial score (nSPS) is 11.7. The van der Waals surface area contributed by atoms with Gasteiger partial charge in [-0.05, 0) is 44.7 Å². The van der Waals surface area contributed by atoms with Crippen LogP contribution in [-0.4, -0.2) is 44.1 Å². The van der Waals surface area contributed by atoms with Crippen molar-refractivity contribution in [2.75, 3.05) is 38.3 Å². The van der Waals surface area contributed by atoms with Crippen LogP contribution in [0.3, 0.4) is 0 Å². The van der Waals surface area contributed by atoms with Gasteiger partial charge in [-0.3, -0.25) is 0 Å². The highest BCUT2D eigenvalue weighted by Crippen LogP contribution is 2.20. The van der Waals surface area contributed by atoms with Gasteiger partial charge in [-0.2, -0.15) is 11.8 Å². The fourth-order valence-electron chi connectivity index (χ4n) is 1.89. The SMILES string of the molecule is CCNC(=NCc1ccc(N(C)C)c(F)c1)NCC(C)(C)SC.I. The molecule has 0 aliphatic heterocycles. The molecule has 0 aromatic heterocycles. The number of hydrogen-bond donors (Lipinski definition) is 2. The van der Waals surface area contributed by atoms with Crippen LogP contribution < -0.4 is 15.5 Å². The van der Waals surface area contributed by atoms with Crippen LogP contribution in [0.15, 0.2) is 23.2 Å². The van der Waals surface area contributed by atoms with E-state index < -0.39 is 0 Å². The van der Waals surface area contributed by atoms with Gasteiger partial charge in [-0.15, -0.1) is 24.0 Å². The number of guanidine groups is 1. The number of rotatable bonds is 7. The van der Waals surface area contributed by atoms with Crippen molar-refractivity contribution in [1.29, 1.82) is 0 Å². The van der Waals surface area contributed by atoms with Gasteiger partial charge >= 0.3 is 0 Å². The second-order valence-electron chi connectivity index (χ2n) is 6.19. The monoisotopic (exact) mass is 468 g/mol. The highest BCUT2D eigenvalue weighted by Gasteiger charge is 2.16. The third-order valence-electron chi connectivity index (χ3n) is 3.49. The summed E-state index contributed by atoms with van der Waals surface area (Å²) in [5, 5.41) is 6.56. The van der Waals surface area contributed by atoms with Gasteiger partial charge in [0.1, 0.15) is 5.82 Å². The zero-order chi connectivity index (χ0) is 17.5. The van der Waals surface area contributed by atoms with Crippen molar-refractivity contribution in [2.24, 2.45) is 4.99 Å².